The minimum Gasteiger partial charge on any atom is -0.486 e. The smallest absolute Gasteiger partial charge is 0.233 e. The number of hydrogen-bond donors (Lipinski definition) is 0. The molecule has 120 valence electrons. The van der Waals surface area contributed by atoms with E-state index in [0.717, 1.165) is 5.56 Å². The first-order valence-electron chi connectivity index (χ1n) is 7.73. The SMILES string of the molecule is O=C1[C@H]2CC=CC[C@H]2C(=O)N1Cc1cc(Cl)c2c(c1)OCCO2. The molecule has 0 radical (unpaired) electrons. The van der Waals surface area contributed by atoms with Crippen molar-refractivity contribution in [1.82, 2.24) is 4.90 Å². The van der Waals surface area contributed by atoms with Gasteiger partial charge in [-0.2, -0.15) is 0 Å². The van der Waals surface area contributed by atoms with Crippen LogP contribution in [0.25, 0.3) is 0 Å². The maximum absolute atomic E-state index is 12.5. The van der Waals surface area contributed by atoms with Gasteiger partial charge in [-0.25, -0.2) is 0 Å². The highest BCUT2D eigenvalue weighted by Gasteiger charge is 2.47. The number of allylic oxidation sites excluding steroid dienone is 2. The average Bonchev–Trinajstić information content (AvgIpc) is 2.81. The van der Waals surface area contributed by atoms with Crippen LogP contribution in [-0.2, 0) is 16.1 Å². The zero-order valence-corrected chi connectivity index (χ0v) is 13.2. The number of nitrogens with zero attached hydrogens (tertiary/aromatic N) is 1. The summed E-state index contributed by atoms with van der Waals surface area (Å²) in [6.45, 7) is 1.15. The van der Waals surface area contributed by atoms with E-state index in [2.05, 4.69) is 0 Å². The first kappa shape index (κ1) is 14.6. The van der Waals surface area contributed by atoms with Gasteiger partial charge in [-0.1, -0.05) is 23.8 Å². The summed E-state index contributed by atoms with van der Waals surface area (Å²) < 4.78 is 11.0. The Balaban J connectivity index is 1.60. The number of carbonyl (C=O) groups is 2. The molecular formula is C17H16ClNO4. The molecule has 6 heteroatoms. The molecule has 0 spiro atoms. The van der Waals surface area contributed by atoms with Gasteiger partial charge in [-0.3, -0.25) is 14.5 Å². The number of rotatable bonds is 2. The van der Waals surface area contributed by atoms with E-state index in [1.807, 2.05) is 12.2 Å². The molecule has 2 aliphatic heterocycles. The van der Waals surface area contributed by atoms with Gasteiger partial charge in [-0.15, -0.1) is 0 Å². The first-order chi connectivity index (χ1) is 11.1. The molecule has 2 amide bonds. The number of likely N-dealkylation sites (tertiary alicyclic amines) is 1. The topological polar surface area (TPSA) is 55.8 Å². The molecule has 1 aromatic carbocycles. The van der Waals surface area contributed by atoms with E-state index in [1.165, 1.54) is 4.90 Å². The second-order valence-corrected chi connectivity index (χ2v) is 6.43. The molecule has 4 rings (SSSR count). The maximum atomic E-state index is 12.5. The lowest BCUT2D eigenvalue weighted by Crippen LogP contribution is -2.30. The highest BCUT2D eigenvalue weighted by Crippen LogP contribution is 2.40. The zero-order chi connectivity index (χ0) is 16.0. The van der Waals surface area contributed by atoms with Crippen LogP contribution in [-0.4, -0.2) is 29.9 Å². The molecule has 2 atom stereocenters. The molecule has 2 heterocycles. The van der Waals surface area contributed by atoms with Crippen molar-refractivity contribution in [1.29, 1.82) is 0 Å². The highest BCUT2D eigenvalue weighted by molar-refractivity contribution is 6.32. The Kier molecular flexibility index (Phi) is 3.53. The summed E-state index contributed by atoms with van der Waals surface area (Å²) in [6.07, 6.45) is 5.26. The fourth-order valence-corrected chi connectivity index (χ4v) is 3.75. The van der Waals surface area contributed by atoms with Crippen molar-refractivity contribution in [3.05, 3.63) is 34.9 Å². The zero-order valence-electron chi connectivity index (χ0n) is 12.5. The number of ether oxygens (including phenoxy) is 2. The summed E-state index contributed by atoms with van der Waals surface area (Å²) in [4.78, 5) is 26.4. The third-order valence-electron chi connectivity index (χ3n) is 4.60. The molecule has 0 saturated carbocycles. The van der Waals surface area contributed by atoms with E-state index in [0.29, 0.717) is 42.6 Å². The van der Waals surface area contributed by atoms with Crippen molar-refractivity contribution < 1.29 is 19.1 Å². The Morgan fingerprint density at radius 3 is 2.39 bits per heavy atom. The highest BCUT2D eigenvalue weighted by atomic mass is 35.5. The Hall–Kier alpha value is -2.01. The largest absolute Gasteiger partial charge is 0.486 e. The van der Waals surface area contributed by atoms with Crippen LogP contribution in [0.3, 0.4) is 0 Å². The molecule has 1 saturated heterocycles. The Morgan fingerprint density at radius 1 is 1.04 bits per heavy atom. The lowest BCUT2D eigenvalue weighted by atomic mass is 9.85. The lowest BCUT2D eigenvalue weighted by molar-refractivity contribution is -0.140. The fraction of sp³-hybridized carbons (Fsp3) is 0.412. The van der Waals surface area contributed by atoms with E-state index >= 15 is 0 Å². The number of imide groups is 1. The summed E-state index contributed by atoms with van der Waals surface area (Å²) in [5.41, 5.74) is 0.771. The van der Waals surface area contributed by atoms with Crippen molar-refractivity contribution in [3.63, 3.8) is 0 Å². The number of amides is 2. The molecule has 0 aromatic heterocycles. The van der Waals surface area contributed by atoms with Crippen LogP contribution in [0, 0.1) is 11.8 Å². The summed E-state index contributed by atoms with van der Waals surface area (Å²) >= 11 is 6.22. The number of benzene rings is 1. The van der Waals surface area contributed by atoms with E-state index in [1.54, 1.807) is 12.1 Å². The van der Waals surface area contributed by atoms with Gasteiger partial charge in [0.05, 0.1) is 23.4 Å². The first-order valence-corrected chi connectivity index (χ1v) is 8.11. The average molecular weight is 334 g/mol. The van der Waals surface area contributed by atoms with Crippen LogP contribution in [0.2, 0.25) is 5.02 Å². The van der Waals surface area contributed by atoms with Gasteiger partial charge in [0.15, 0.2) is 11.5 Å². The van der Waals surface area contributed by atoms with Crippen molar-refractivity contribution in [2.75, 3.05) is 13.2 Å². The summed E-state index contributed by atoms with van der Waals surface area (Å²) in [7, 11) is 0. The second-order valence-electron chi connectivity index (χ2n) is 6.02. The molecule has 1 aromatic rings. The van der Waals surface area contributed by atoms with Crippen LogP contribution in [0.1, 0.15) is 18.4 Å². The van der Waals surface area contributed by atoms with Gasteiger partial charge in [0, 0.05) is 0 Å². The quantitative estimate of drug-likeness (QED) is 0.616. The molecule has 23 heavy (non-hydrogen) atoms. The molecular weight excluding hydrogens is 318 g/mol. The lowest BCUT2D eigenvalue weighted by Gasteiger charge is -2.21. The normalized spacial score (nSPS) is 25.7. The second kappa shape index (κ2) is 5.57. The van der Waals surface area contributed by atoms with Crippen LogP contribution in [0.4, 0.5) is 0 Å². The van der Waals surface area contributed by atoms with Crippen molar-refractivity contribution >= 4 is 23.4 Å². The van der Waals surface area contributed by atoms with Gasteiger partial charge in [-0.05, 0) is 30.5 Å². The van der Waals surface area contributed by atoms with Crippen LogP contribution < -0.4 is 9.47 Å². The Bertz CT molecular complexity index is 689. The standard InChI is InChI=1S/C17H16ClNO4/c18-13-7-10(8-14-15(13)23-6-5-22-14)9-19-16(20)11-3-1-2-4-12(11)17(19)21/h1-2,7-8,11-12H,3-6,9H2/t11-,12+. The van der Waals surface area contributed by atoms with Gasteiger partial charge in [0.2, 0.25) is 11.8 Å². The fourth-order valence-electron chi connectivity index (χ4n) is 3.46. The molecule has 0 unspecified atom stereocenters. The Morgan fingerprint density at radius 2 is 1.70 bits per heavy atom. The number of fused-ring (bicyclic) bond motifs is 2. The van der Waals surface area contributed by atoms with E-state index < -0.39 is 0 Å². The molecule has 3 aliphatic rings. The molecule has 1 aliphatic carbocycles. The summed E-state index contributed by atoms with van der Waals surface area (Å²) in [5, 5.41) is 0.440. The van der Waals surface area contributed by atoms with Gasteiger partial charge in [0.1, 0.15) is 13.2 Å². The predicted molar refractivity (Wildman–Crippen MR) is 83.4 cm³/mol. The van der Waals surface area contributed by atoms with Crippen LogP contribution in [0.5, 0.6) is 11.5 Å². The third kappa shape index (κ3) is 2.39. The van der Waals surface area contributed by atoms with Gasteiger partial charge >= 0.3 is 0 Å². The van der Waals surface area contributed by atoms with Crippen molar-refractivity contribution in [2.24, 2.45) is 11.8 Å². The number of carbonyl (C=O) groups excluding carboxylic acids is 2. The molecule has 0 N–H and O–H groups in total. The molecule has 1 fully saturated rings. The minimum absolute atomic E-state index is 0.0876. The van der Waals surface area contributed by atoms with E-state index in [-0.39, 0.29) is 30.2 Å². The third-order valence-corrected chi connectivity index (χ3v) is 4.88. The maximum Gasteiger partial charge on any atom is 0.233 e. The predicted octanol–water partition coefficient (Wildman–Crippen LogP) is 2.56. The summed E-state index contributed by atoms with van der Waals surface area (Å²) in [6, 6.07) is 3.52. The molecule has 0 bridgehead atoms. The van der Waals surface area contributed by atoms with Crippen molar-refractivity contribution in [2.45, 2.75) is 19.4 Å². The van der Waals surface area contributed by atoms with E-state index in [4.69, 9.17) is 21.1 Å². The van der Waals surface area contributed by atoms with E-state index in [9.17, 15) is 9.59 Å². The minimum atomic E-state index is -0.208. The van der Waals surface area contributed by atoms with Gasteiger partial charge < -0.3 is 9.47 Å². The molecule has 5 nitrogen and oxygen atoms in total. The van der Waals surface area contributed by atoms with Gasteiger partial charge in [0.25, 0.3) is 0 Å². The monoisotopic (exact) mass is 333 g/mol. The number of hydrogen-bond acceptors (Lipinski definition) is 4. The van der Waals surface area contributed by atoms with Crippen LogP contribution >= 0.6 is 11.6 Å². The number of halogens is 1. The van der Waals surface area contributed by atoms with Crippen LogP contribution in [0.15, 0.2) is 24.3 Å². The van der Waals surface area contributed by atoms with Crippen molar-refractivity contribution in [3.8, 4) is 11.5 Å². The Labute approximate surface area is 138 Å². The summed E-state index contributed by atoms with van der Waals surface area (Å²) in [5.74, 6) is 0.502.